The summed E-state index contributed by atoms with van der Waals surface area (Å²) < 4.78 is 11.8. The number of rotatable bonds is 6. The standard InChI is InChI=1S/C26H27NO3/c1-18(2)29-23-11-9-22(10-12-23)27-16-15-21-17-24(13-14-25(21)26(27)28)30-19(3)20-7-5-4-6-8-20/h4-14,17-19H,15-16H2,1-3H3. The highest BCUT2D eigenvalue weighted by atomic mass is 16.5. The lowest BCUT2D eigenvalue weighted by molar-refractivity contribution is 0.0980. The number of anilines is 1. The highest BCUT2D eigenvalue weighted by Gasteiger charge is 2.26. The van der Waals surface area contributed by atoms with Crippen molar-refractivity contribution in [2.45, 2.75) is 39.4 Å². The first-order valence-electron chi connectivity index (χ1n) is 10.4. The molecule has 0 N–H and O–H groups in total. The maximum absolute atomic E-state index is 13.1. The van der Waals surface area contributed by atoms with Gasteiger partial charge in [0, 0.05) is 17.8 Å². The van der Waals surface area contributed by atoms with Crippen LogP contribution < -0.4 is 14.4 Å². The monoisotopic (exact) mass is 401 g/mol. The molecule has 4 rings (SSSR count). The van der Waals surface area contributed by atoms with E-state index in [0.717, 1.165) is 40.3 Å². The molecule has 0 bridgehead atoms. The molecule has 154 valence electrons. The summed E-state index contributed by atoms with van der Waals surface area (Å²) in [5.74, 6) is 1.63. The van der Waals surface area contributed by atoms with E-state index in [1.54, 1.807) is 0 Å². The number of benzene rings is 3. The third-order valence-corrected chi connectivity index (χ3v) is 5.26. The average molecular weight is 402 g/mol. The van der Waals surface area contributed by atoms with Gasteiger partial charge in [-0.25, -0.2) is 0 Å². The van der Waals surface area contributed by atoms with Gasteiger partial charge in [-0.3, -0.25) is 4.79 Å². The molecule has 0 fully saturated rings. The lowest BCUT2D eigenvalue weighted by Crippen LogP contribution is -2.37. The van der Waals surface area contributed by atoms with Gasteiger partial charge in [0.2, 0.25) is 0 Å². The quantitative estimate of drug-likeness (QED) is 0.523. The fourth-order valence-corrected chi connectivity index (χ4v) is 3.76. The zero-order chi connectivity index (χ0) is 21.1. The van der Waals surface area contributed by atoms with E-state index in [1.165, 1.54) is 0 Å². The smallest absolute Gasteiger partial charge is 0.258 e. The third-order valence-electron chi connectivity index (χ3n) is 5.26. The molecule has 3 aromatic carbocycles. The molecular formula is C26H27NO3. The van der Waals surface area contributed by atoms with Crippen molar-refractivity contribution in [3.63, 3.8) is 0 Å². The summed E-state index contributed by atoms with van der Waals surface area (Å²) in [6.07, 6.45) is 0.870. The second-order valence-electron chi connectivity index (χ2n) is 7.86. The fraction of sp³-hybridized carbons (Fsp3) is 0.269. The van der Waals surface area contributed by atoms with E-state index in [0.29, 0.717) is 6.54 Å². The van der Waals surface area contributed by atoms with Crippen LogP contribution in [0.3, 0.4) is 0 Å². The predicted octanol–water partition coefficient (Wildman–Crippen LogP) is 5.82. The molecule has 0 spiro atoms. The van der Waals surface area contributed by atoms with Crippen LogP contribution in [-0.2, 0) is 6.42 Å². The zero-order valence-electron chi connectivity index (χ0n) is 17.7. The van der Waals surface area contributed by atoms with Crippen molar-refractivity contribution >= 4 is 11.6 Å². The van der Waals surface area contributed by atoms with Crippen LogP contribution in [0.4, 0.5) is 5.69 Å². The molecule has 0 saturated carbocycles. The van der Waals surface area contributed by atoms with E-state index in [1.807, 2.05) is 86.3 Å². The summed E-state index contributed by atoms with van der Waals surface area (Å²) in [5.41, 5.74) is 3.79. The van der Waals surface area contributed by atoms with Crippen molar-refractivity contribution in [1.29, 1.82) is 0 Å². The predicted molar refractivity (Wildman–Crippen MR) is 120 cm³/mol. The summed E-state index contributed by atoms with van der Waals surface area (Å²) in [7, 11) is 0. The van der Waals surface area contributed by atoms with Crippen LogP contribution in [0, 0.1) is 0 Å². The average Bonchev–Trinajstić information content (AvgIpc) is 2.75. The second kappa shape index (κ2) is 8.62. The Morgan fingerprint density at radius 3 is 2.23 bits per heavy atom. The maximum Gasteiger partial charge on any atom is 0.258 e. The highest BCUT2D eigenvalue weighted by molar-refractivity contribution is 6.08. The van der Waals surface area contributed by atoms with Gasteiger partial charge in [-0.1, -0.05) is 30.3 Å². The second-order valence-corrected chi connectivity index (χ2v) is 7.86. The van der Waals surface area contributed by atoms with Crippen LogP contribution >= 0.6 is 0 Å². The van der Waals surface area contributed by atoms with Crippen LogP contribution in [0.15, 0.2) is 72.8 Å². The van der Waals surface area contributed by atoms with Crippen LogP contribution in [0.1, 0.15) is 48.4 Å². The van der Waals surface area contributed by atoms with Crippen molar-refractivity contribution in [2.75, 3.05) is 11.4 Å². The number of nitrogens with zero attached hydrogens (tertiary/aromatic N) is 1. The van der Waals surface area contributed by atoms with Crippen molar-refractivity contribution in [1.82, 2.24) is 0 Å². The van der Waals surface area contributed by atoms with E-state index in [2.05, 4.69) is 12.1 Å². The van der Waals surface area contributed by atoms with E-state index in [-0.39, 0.29) is 18.1 Å². The van der Waals surface area contributed by atoms with Crippen LogP contribution in [0.2, 0.25) is 0 Å². The molecule has 3 aromatic rings. The Bertz CT molecular complexity index is 1010. The number of ether oxygens (including phenoxy) is 2. The third kappa shape index (κ3) is 4.33. The molecule has 4 nitrogen and oxygen atoms in total. The molecule has 1 atom stereocenters. The van der Waals surface area contributed by atoms with Gasteiger partial charge in [-0.2, -0.15) is 0 Å². The molecular weight excluding hydrogens is 374 g/mol. The number of hydrogen-bond acceptors (Lipinski definition) is 3. The molecule has 0 aromatic heterocycles. The zero-order valence-corrected chi connectivity index (χ0v) is 17.7. The highest BCUT2D eigenvalue weighted by Crippen LogP contribution is 2.30. The van der Waals surface area contributed by atoms with Crippen LogP contribution in [0.5, 0.6) is 11.5 Å². The van der Waals surface area contributed by atoms with Gasteiger partial charge in [0.15, 0.2) is 0 Å². The topological polar surface area (TPSA) is 38.8 Å². The summed E-state index contributed by atoms with van der Waals surface area (Å²) in [5, 5.41) is 0. The first kappa shape index (κ1) is 20.0. The number of amides is 1. The van der Waals surface area contributed by atoms with Gasteiger partial charge in [-0.15, -0.1) is 0 Å². The van der Waals surface area contributed by atoms with E-state index in [9.17, 15) is 4.79 Å². The lowest BCUT2D eigenvalue weighted by Gasteiger charge is -2.29. The molecule has 0 saturated heterocycles. The first-order chi connectivity index (χ1) is 14.5. The number of hydrogen-bond donors (Lipinski definition) is 0. The molecule has 1 amide bonds. The Hall–Kier alpha value is -3.27. The molecule has 1 unspecified atom stereocenters. The molecule has 0 aliphatic carbocycles. The minimum Gasteiger partial charge on any atom is -0.491 e. The van der Waals surface area contributed by atoms with E-state index >= 15 is 0 Å². The van der Waals surface area contributed by atoms with Crippen molar-refractivity contribution < 1.29 is 14.3 Å². The lowest BCUT2D eigenvalue weighted by atomic mass is 9.98. The van der Waals surface area contributed by atoms with E-state index in [4.69, 9.17) is 9.47 Å². The molecule has 1 heterocycles. The summed E-state index contributed by atoms with van der Waals surface area (Å²) in [4.78, 5) is 14.9. The number of carbonyl (C=O) groups is 1. The normalized spacial score (nSPS) is 14.4. The Morgan fingerprint density at radius 1 is 0.833 bits per heavy atom. The van der Waals surface area contributed by atoms with Crippen molar-refractivity contribution in [3.8, 4) is 11.5 Å². The summed E-state index contributed by atoms with van der Waals surface area (Å²) in [6, 6.07) is 23.6. The van der Waals surface area contributed by atoms with Gasteiger partial charge in [-0.05, 0) is 80.8 Å². The summed E-state index contributed by atoms with van der Waals surface area (Å²) >= 11 is 0. The Labute approximate surface area is 178 Å². The fourth-order valence-electron chi connectivity index (χ4n) is 3.76. The van der Waals surface area contributed by atoms with Gasteiger partial charge in [0.1, 0.15) is 17.6 Å². The van der Waals surface area contributed by atoms with Gasteiger partial charge >= 0.3 is 0 Å². The van der Waals surface area contributed by atoms with Crippen LogP contribution in [0.25, 0.3) is 0 Å². The number of fused-ring (bicyclic) bond motifs is 1. The SMILES string of the molecule is CC(C)Oc1ccc(N2CCc3cc(OC(C)c4ccccc4)ccc3C2=O)cc1. The first-order valence-corrected chi connectivity index (χ1v) is 10.4. The molecule has 4 heteroatoms. The molecule has 0 radical (unpaired) electrons. The van der Waals surface area contributed by atoms with Gasteiger partial charge < -0.3 is 14.4 Å². The van der Waals surface area contributed by atoms with Gasteiger partial charge in [0.25, 0.3) is 5.91 Å². The minimum absolute atomic E-state index is 0.0245. The van der Waals surface area contributed by atoms with Crippen LogP contribution in [-0.4, -0.2) is 18.6 Å². The number of carbonyl (C=O) groups excluding carboxylic acids is 1. The van der Waals surface area contributed by atoms with Crippen molar-refractivity contribution in [3.05, 3.63) is 89.5 Å². The molecule has 1 aliphatic rings. The summed E-state index contributed by atoms with van der Waals surface area (Å²) in [6.45, 7) is 6.68. The maximum atomic E-state index is 13.1. The molecule has 1 aliphatic heterocycles. The Kier molecular flexibility index (Phi) is 5.75. The minimum atomic E-state index is -0.0494. The molecule has 30 heavy (non-hydrogen) atoms. The Balaban J connectivity index is 1.49. The van der Waals surface area contributed by atoms with Gasteiger partial charge in [0.05, 0.1) is 6.10 Å². The van der Waals surface area contributed by atoms with Crippen molar-refractivity contribution in [2.24, 2.45) is 0 Å². The largest absolute Gasteiger partial charge is 0.491 e. The Morgan fingerprint density at radius 2 is 1.53 bits per heavy atom. The van der Waals surface area contributed by atoms with E-state index < -0.39 is 0 Å².